The highest BCUT2D eigenvalue weighted by Gasteiger charge is 2.38. The van der Waals surface area contributed by atoms with Gasteiger partial charge in [0, 0.05) is 41.9 Å². The molecule has 3 aromatic rings. The molecule has 180 valence electrons. The van der Waals surface area contributed by atoms with Crippen LogP contribution in [0.25, 0.3) is 10.2 Å². The van der Waals surface area contributed by atoms with Crippen molar-refractivity contribution in [1.29, 1.82) is 0 Å². The van der Waals surface area contributed by atoms with Crippen LogP contribution in [0.15, 0.2) is 24.3 Å². The summed E-state index contributed by atoms with van der Waals surface area (Å²) in [5.74, 6) is -0.141. The van der Waals surface area contributed by atoms with E-state index in [0.29, 0.717) is 30.1 Å². The fourth-order valence-corrected chi connectivity index (χ4v) is 6.03. The zero-order valence-corrected chi connectivity index (χ0v) is 20.0. The largest absolute Gasteiger partial charge is 0.397 e. The van der Waals surface area contributed by atoms with E-state index >= 15 is 0 Å². The van der Waals surface area contributed by atoms with Crippen molar-refractivity contribution in [2.75, 3.05) is 30.8 Å². The molecule has 7 nitrogen and oxygen atoms in total. The lowest BCUT2D eigenvalue weighted by atomic mass is 9.91. The molecule has 2 aliphatic rings. The Bertz CT molecular complexity index is 1230. The summed E-state index contributed by atoms with van der Waals surface area (Å²) in [6.45, 7) is 2.72. The molecule has 0 radical (unpaired) electrons. The third-order valence-electron chi connectivity index (χ3n) is 6.91. The summed E-state index contributed by atoms with van der Waals surface area (Å²) in [6, 6.07) is 7.44. The summed E-state index contributed by atoms with van der Waals surface area (Å²) in [4.78, 5) is 25.5. The van der Waals surface area contributed by atoms with E-state index < -0.39 is 12.3 Å². The predicted octanol–water partition coefficient (Wildman–Crippen LogP) is 3.16. The molecular formula is C24H28F2N6OS. The van der Waals surface area contributed by atoms with Gasteiger partial charge in [-0.05, 0) is 57.0 Å². The smallest absolute Gasteiger partial charge is 0.263 e. The first-order valence-corrected chi connectivity index (χ1v) is 12.3. The molecule has 1 unspecified atom stereocenters. The number of carbonyl (C=O) groups excluding carboxylic acids is 1. The van der Waals surface area contributed by atoms with E-state index in [0.717, 1.165) is 45.8 Å². The number of likely N-dealkylation sites (N-methyl/N-ethyl adjacent to an activating group) is 1. The lowest BCUT2D eigenvalue weighted by Crippen LogP contribution is -2.39. The van der Waals surface area contributed by atoms with Gasteiger partial charge in [0.2, 0.25) is 6.43 Å². The first kappa shape index (κ1) is 22.9. The molecule has 0 bridgehead atoms. The number of thiophene rings is 1. The average Bonchev–Trinajstić information content (AvgIpc) is 3.40. The lowest BCUT2D eigenvalue weighted by Gasteiger charge is -2.26. The standard InChI is InChI=1S/C24H28F2N6OS/c1-12-3-6-15-20(27)21(34-24(15)29-12)23(33)30-14-5-7-17-13(9-14)4-8-19(31-17)32-10-16(22(25)26)18(11-32)28-2/h3-4,6,8,14,16,18,22,28H,5,7,9-11,27H2,1-2H3,(H,30,33)/t14-,16?,18-/m0/s1. The molecule has 1 aliphatic heterocycles. The van der Waals surface area contributed by atoms with Gasteiger partial charge < -0.3 is 21.3 Å². The number of nitrogens with two attached hydrogens (primary N) is 1. The molecule has 0 spiro atoms. The monoisotopic (exact) mass is 486 g/mol. The Kier molecular flexibility index (Phi) is 6.11. The van der Waals surface area contributed by atoms with Crippen LogP contribution in [0.1, 0.15) is 33.0 Å². The van der Waals surface area contributed by atoms with Crippen molar-refractivity contribution in [2.24, 2.45) is 5.92 Å². The topological polar surface area (TPSA) is 96.2 Å². The summed E-state index contributed by atoms with van der Waals surface area (Å²) in [6.07, 6.45) is -0.205. The van der Waals surface area contributed by atoms with Crippen LogP contribution < -0.4 is 21.3 Å². The number of pyridine rings is 2. The van der Waals surface area contributed by atoms with E-state index in [2.05, 4.69) is 15.6 Å². The summed E-state index contributed by atoms with van der Waals surface area (Å²) in [5.41, 5.74) is 9.66. The molecule has 0 aromatic carbocycles. The normalized spacial score (nSPS) is 22.4. The molecule has 1 fully saturated rings. The maximum Gasteiger partial charge on any atom is 0.263 e. The molecule has 4 heterocycles. The van der Waals surface area contributed by atoms with Crippen LogP contribution in [0.3, 0.4) is 0 Å². The van der Waals surface area contributed by atoms with Gasteiger partial charge in [-0.25, -0.2) is 18.7 Å². The molecule has 0 saturated carbocycles. The van der Waals surface area contributed by atoms with E-state index in [1.807, 2.05) is 36.1 Å². The first-order valence-electron chi connectivity index (χ1n) is 11.5. The van der Waals surface area contributed by atoms with Crippen LogP contribution in [-0.2, 0) is 12.8 Å². The number of rotatable bonds is 5. The number of fused-ring (bicyclic) bond motifs is 2. The van der Waals surface area contributed by atoms with E-state index in [1.54, 1.807) is 7.05 Å². The molecule has 34 heavy (non-hydrogen) atoms. The van der Waals surface area contributed by atoms with Gasteiger partial charge in [0.15, 0.2) is 0 Å². The van der Waals surface area contributed by atoms with Crippen LogP contribution in [0, 0.1) is 12.8 Å². The molecule has 3 atom stereocenters. The number of nitrogens with zero attached hydrogens (tertiary/aromatic N) is 3. The molecule has 10 heteroatoms. The van der Waals surface area contributed by atoms with E-state index in [-0.39, 0.29) is 18.0 Å². The minimum atomic E-state index is -2.36. The number of aryl methyl sites for hydroxylation is 2. The Morgan fingerprint density at radius 2 is 2.06 bits per heavy atom. The maximum absolute atomic E-state index is 13.4. The van der Waals surface area contributed by atoms with Crippen molar-refractivity contribution in [3.05, 3.63) is 46.1 Å². The highest BCUT2D eigenvalue weighted by atomic mass is 32.1. The number of halogens is 2. The van der Waals surface area contributed by atoms with Gasteiger partial charge in [-0.1, -0.05) is 6.07 Å². The maximum atomic E-state index is 13.4. The first-order chi connectivity index (χ1) is 16.3. The number of amides is 1. The SMILES string of the molecule is CN[C@H]1CN(c2ccc3c(n2)CC[C@H](NC(=O)c2sc4nc(C)ccc4c2N)C3)CC1C(F)F. The summed E-state index contributed by atoms with van der Waals surface area (Å²) in [5, 5.41) is 6.94. The Morgan fingerprint density at radius 1 is 1.24 bits per heavy atom. The Labute approximate surface area is 200 Å². The fraction of sp³-hybridized carbons (Fsp3) is 0.458. The summed E-state index contributed by atoms with van der Waals surface area (Å²) < 4.78 is 26.8. The number of nitrogen functional groups attached to an aromatic ring is 1. The van der Waals surface area contributed by atoms with Crippen LogP contribution in [0.5, 0.6) is 0 Å². The quantitative estimate of drug-likeness (QED) is 0.513. The highest BCUT2D eigenvalue weighted by molar-refractivity contribution is 7.21. The van der Waals surface area contributed by atoms with Crippen LogP contribution in [-0.4, -0.2) is 54.5 Å². The third kappa shape index (κ3) is 4.20. The van der Waals surface area contributed by atoms with Crippen LogP contribution in [0.4, 0.5) is 20.3 Å². The van der Waals surface area contributed by atoms with Gasteiger partial charge in [-0.3, -0.25) is 4.79 Å². The van der Waals surface area contributed by atoms with Crippen LogP contribution >= 0.6 is 11.3 Å². The minimum Gasteiger partial charge on any atom is -0.397 e. The molecule has 4 N–H and O–H groups in total. The third-order valence-corrected chi connectivity index (χ3v) is 8.02. The van der Waals surface area contributed by atoms with E-state index in [4.69, 9.17) is 10.7 Å². The average molecular weight is 487 g/mol. The Hall–Kier alpha value is -2.85. The highest BCUT2D eigenvalue weighted by Crippen LogP contribution is 2.33. The molecule has 1 saturated heterocycles. The molecule has 1 aliphatic carbocycles. The van der Waals surface area contributed by atoms with Gasteiger partial charge in [-0.15, -0.1) is 11.3 Å². The molecular weight excluding hydrogens is 458 g/mol. The molecule has 5 rings (SSSR count). The molecule has 1 amide bonds. The van der Waals surface area contributed by atoms with Crippen molar-refractivity contribution in [1.82, 2.24) is 20.6 Å². The van der Waals surface area contributed by atoms with Crippen molar-refractivity contribution in [3.63, 3.8) is 0 Å². The van der Waals surface area contributed by atoms with Crippen LogP contribution in [0.2, 0.25) is 0 Å². The number of anilines is 2. The zero-order valence-electron chi connectivity index (χ0n) is 19.1. The number of hydrogen-bond donors (Lipinski definition) is 3. The lowest BCUT2D eigenvalue weighted by molar-refractivity contribution is 0.0753. The van der Waals surface area contributed by atoms with Gasteiger partial charge in [-0.2, -0.15) is 0 Å². The predicted molar refractivity (Wildman–Crippen MR) is 131 cm³/mol. The van der Waals surface area contributed by atoms with Gasteiger partial charge >= 0.3 is 0 Å². The molecule has 3 aromatic heterocycles. The number of nitrogens with one attached hydrogen (secondary N) is 2. The van der Waals surface area contributed by atoms with Crippen molar-refractivity contribution < 1.29 is 13.6 Å². The second kappa shape index (κ2) is 9.07. The number of hydrogen-bond acceptors (Lipinski definition) is 7. The zero-order chi connectivity index (χ0) is 24.0. The van der Waals surface area contributed by atoms with Crippen molar-refractivity contribution >= 4 is 39.0 Å². The number of aromatic nitrogens is 2. The van der Waals surface area contributed by atoms with Crippen molar-refractivity contribution in [2.45, 2.75) is 44.7 Å². The summed E-state index contributed by atoms with van der Waals surface area (Å²) >= 11 is 1.32. The van der Waals surface area contributed by atoms with Gasteiger partial charge in [0.05, 0.1) is 11.6 Å². The minimum absolute atomic E-state index is 0.0179. The van der Waals surface area contributed by atoms with E-state index in [1.165, 1.54) is 11.3 Å². The van der Waals surface area contributed by atoms with Gasteiger partial charge in [0.1, 0.15) is 15.5 Å². The summed E-state index contributed by atoms with van der Waals surface area (Å²) in [7, 11) is 1.72. The van der Waals surface area contributed by atoms with Gasteiger partial charge in [0.25, 0.3) is 5.91 Å². The number of alkyl halides is 2. The van der Waals surface area contributed by atoms with E-state index in [9.17, 15) is 13.6 Å². The second-order valence-corrected chi connectivity index (χ2v) is 10.1. The van der Waals surface area contributed by atoms with Crippen molar-refractivity contribution in [3.8, 4) is 0 Å². The fourth-order valence-electron chi connectivity index (χ4n) is 4.98. The Balaban J connectivity index is 1.27. The second-order valence-electron chi connectivity index (χ2n) is 9.14. The number of carbonyl (C=O) groups is 1. The Morgan fingerprint density at radius 3 is 2.79 bits per heavy atom.